The Kier molecular flexibility index (Phi) is 4.96. The summed E-state index contributed by atoms with van der Waals surface area (Å²) in [5, 5.41) is 2.96. The van der Waals surface area contributed by atoms with Crippen molar-refractivity contribution in [3.63, 3.8) is 0 Å². The van der Waals surface area contributed by atoms with Gasteiger partial charge in [0.25, 0.3) is 0 Å². The van der Waals surface area contributed by atoms with Gasteiger partial charge in [-0.2, -0.15) is 0 Å². The Morgan fingerprint density at radius 1 is 1.44 bits per heavy atom. The summed E-state index contributed by atoms with van der Waals surface area (Å²) in [7, 11) is -3.32. The van der Waals surface area contributed by atoms with Crippen LogP contribution >= 0.6 is 0 Å². The first-order valence-electron chi connectivity index (χ1n) is 6.12. The molecule has 1 heterocycles. The fraction of sp³-hybridized carbons (Fsp3) is 0.429. The molecule has 18 heavy (non-hydrogen) atoms. The summed E-state index contributed by atoms with van der Waals surface area (Å²) in [6.07, 6.45) is 14.6. The van der Waals surface area contributed by atoms with Gasteiger partial charge in [0.15, 0.2) is 14.7 Å². The van der Waals surface area contributed by atoms with Crippen LogP contribution in [0.2, 0.25) is 0 Å². The van der Waals surface area contributed by atoms with Crippen LogP contribution in [-0.2, 0) is 9.84 Å². The summed E-state index contributed by atoms with van der Waals surface area (Å²) in [6.45, 7) is 5.85. The molecule has 1 aliphatic heterocycles. The van der Waals surface area contributed by atoms with E-state index in [1.807, 2.05) is 6.08 Å². The van der Waals surface area contributed by atoms with Gasteiger partial charge in [-0.05, 0) is 30.3 Å². The van der Waals surface area contributed by atoms with Crippen LogP contribution in [-0.4, -0.2) is 19.5 Å². The fourth-order valence-corrected chi connectivity index (χ4v) is 3.14. The van der Waals surface area contributed by atoms with Crippen LogP contribution in [0.25, 0.3) is 0 Å². The molecule has 0 spiro atoms. The van der Waals surface area contributed by atoms with Crippen LogP contribution in [0.5, 0.6) is 0 Å². The van der Waals surface area contributed by atoms with Crippen molar-refractivity contribution in [2.24, 2.45) is 0 Å². The van der Waals surface area contributed by atoms with Gasteiger partial charge in [0.1, 0.15) is 0 Å². The molecule has 0 fully saturated rings. The highest BCUT2D eigenvalue weighted by molar-refractivity contribution is 7.92. The molecule has 0 aliphatic carbocycles. The SMILES string of the molecule is C=C/C(=C/CCCC)C1(S(C)(=O)=O)C=CC=CN1. The smallest absolute Gasteiger partial charge is 0.184 e. The Morgan fingerprint density at radius 3 is 2.61 bits per heavy atom. The van der Waals surface area contributed by atoms with Crippen molar-refractivity contribution < 1.29 is 8.42 Å². The predicted molar refractivity (Wildman–Crippen MR) is 76.8 cm³/mol. The average molecular weight is 267 g/mol. The maximum absolute atomic E-state index is 12.1. The summed E-state index contributed by atoms with van der Waals surface area (Å²) in [5.41, 5.74) is 0.694. The zero-order chi connectivity index (χ0) is 13.6. The van der Waals surface area contributed by atoms with Gasteiger partial charge >= 0.3 is 0 Å². The van der Waals surface area contributed by atoms with Crippen LogP contribution in [0.4, 0.5) is 0 Å². The van der Waals surface area contributed by atoms with Gasteiger partial charge < -0.3 is 5.32 Å². The van der Waals surface area contributed by atoms with Crippen LogP contribution in [0.1, 0.15) is 26.2 Å². The molecule has 0 radical (unpaired) electrons. The second-order valence-electron chi connectivity index (χ2n) is 4.38. The van der Waals surface area contributed by atoms with Crippen molar-refractivity contribution in [1.82, 2.24) is 5.32 Å². The van der Waals surface area contributed by atoms with Gasteiger partial charge in [-0.1, -0.05) is 44.6 Å². The maximum Gasteiger partial charge on any atom is 0.184 e. The largest absolute Gasteiger partial charge is 0.366 e. The molecule has 1 N–H and O–H groups in total. The monoisotopic (exact) mass is 267 g/mol. The predicted octanol–water partition coefficient (Wildman–Crippen LogP) is 2.70. The number of dihydropyridines is 1. The van der Waals surface area contributed by atoms with E-state index in [0.717, 1.165) is 19.3 Å². The number of sulfone groups is 1. The second-order valence-corrected chi connectivity index (χ2v) is 6.56. The van der Waals surface area contributed by atoms with Gasteiger partial charge in [-0.25, -0.2) is 8.42 Å². The van der Waals surface area contributed by atoms with Gasteiger partial charge in [0.05, 0.1) is 0 Å². The lowest BCUT2D eigenvalue weighted by molar-refractivity contribution is 0.561. The van der Waals surface area contributed by atoms with Gasteiger partial charge in [-0.3, -0.25) is 0 Å². The number of hydrogen-bond donors (Lipinski definition) is 1. The zero-order valence-corrected chi connectivity index (χ0v) is 11.8. The van der Waals surface area contributed by atoms with Gasteiger partial charge in [0, 0.05) is 6.26 Å². The Bertz CT molecular complexity index is 486. The number of hydrogen-bond acceptors (Lipinski definition) is 3. The Balaban J connectivity index is 3.18. The van der Waals surface area contributed by atoms with Crippen molar-refractivity contribution in [2.45, 2.75) is 31.1 Å². The number of nitrogens with one attached hydrogen (secondary N) is 1. The van der Waals surface area contributed by atoms with E-state index in [1.54, 1.807) is 30.5 Å². The lowest BCUT2D eigenvalue weighted by Gasteiger charge is -2.32. The normalized spacial score (nSPS) is 23.8. The minimum absolute atomic E-state index is 0.694. The number of unbranched alkanes of at least 4 members (excludes halogenated alkanes) is 2. The molecule has 0 saturated carbocycles. The highest BCUT2D eigenvalue weighted by Crippen LogP contribution is 2.28. The zero-order valence-electron chi connectivity index (χ0n) is 11.0. The molecule has 0 aromatic rings. The van der Waals surface area contributed by atoms with Gasteiger partial charge in [0.2, 0.25) is 0 Å². The third kappa shape index (κ3) is 2.93. The molecule has 1 atom stereocenters. The van der Waals surface area contributed by atoms with Crippen LogP contribution in [0.3, 0.4) is 0 Å². The van der Waals surface area contributed by atoms with E-state index in [2.05, 4.69) is 18.8 Å². The van der Waals surface area contributed by atoms with E-state index < -0.39 is 14.7 Å². The molecule has 0 aromatic carbocycles. The fourth-order valence-electron chi connectivity index (χ4n) is 1.94. The van der Waals surface area contributed by atoms with E-state index in [4.69, 9.17) is 0 Å². The van der Waals surface area contributed by atoms with Crippen LogP contribution in [0, 0.1) is 0 Å². The summed E-state index contributed by atoms with van der Waals surface area (Å²) in [4.78, 5) is -1.17. The molecule has 1 unspecified atom stereocenters. The molecule has 0 aromatic heterocycles. The molecule has 1 rings (SSSR count). The quantitative estimate of drug-likeness (QED) is 0.594. The molecule has 100 valence electrons. The third-order valence-corrected chi connectivity index (χ3v) is 4.65. The maximum atomic E-state index is 12.1. The van der Waals surface area contributed by atoms with Crippen molar-refractivity contribution in [3.8, 4) is 0 Å². The lowest BCUT2D eigenvalue weighted by atomic mass is 10.0. The van der Waals surface area contributed by atoms with Crippen molar-refractivity contribution in [3.05, 3.63) is 48.7 Å². The molecule has 0 bridgehead atoms. The van der Waals surface area contributed by atoms with Crippen molar-refractivity contribution >= 4 is 9.84 Å². The lowest BCUT2D eigenvalue weighted by Crippen LogP contribution is -2.49. The number of rotatable bonds is 6. The second kappa shape index (κ2) is 6.05. The standard InChI is InChI=1S/C14H21NO2S/c1-4-6-7-10-13(5-2)14(18(3,16)17)11-8-9-12-15-14/h5,8-12,15H,2,4,6-7H2,1,3H3/b13-10-. The molecule has 0 saturated heterocycles. The topological polar surface area (TPSA) is 46.2 Å². The summed E-state index contributed by atoms with van der Waals surface area (Å²) in [6, 6.07) is 0. The van der Waals surface area contributed by atoms with Crippen LogP contribution < -0.4 is 5.32 Å². The molecular weight excluding hydrogens is 246 g/mol. The highest BCUT2D eigenvalue weighted by atomic mass is 32.2. The van der Waals surface area contributed by atoms with E-state index >= 15 is 0 Å². The molecule has 4 heteroatoms. The van der Waals surface area contributed by atoms with E-state index in [0.29, 0.717) is 5.57 Å². The molecule has 3 nitrogen and oxygen atoms in total. The first-order valence-corrected chi connectivity index (χ1v) is 8.02. The number of allylic oxidation sites excluding steroid dienone is 3. The minimum Gasteiger partial charge on any atom is -0.366 e. The van der Waals surface area contributed by atoms with E-state index in [9.17, 15) is 8.42 Å². The molecule has 1 aliphatic rings. The average Bonchev–Trinajstić information content (AvgIpc) is 2.34. The Labute approximate surface area is 110 Å². The Morgan fingerprint density at radius 2 is 2.17 bits per heavy atom. The van der Waals surface area contributed by atoms with E-state index in [1.165, 1.54) is 6.26 Å². The highest BCUT2D eigenvalue weighted by Gasteiger charge is 2.40. The first kappa shape index (κ1) is 14.8. The summed E-state index contributed by atoms with van der Waals surface area (Å²) in [5.74, 6) is 0. The van der Waals surface area contributed by atoms with E-state index in [-0.39, 0.29) is 0 Å². The van der Waals surface area contributed by atoms with Crippen molar-refractivity contribution in [2.75, 3.05) is 6.26 Å². The minimum atomic E-state index is -3.32. The first-order chi connectivity index (χ1) is 8.48. The molecule has 0 amide bonds. The molecular formula is C14H21NO2S. The third-order valence-electron chi connectivity index (χ3n) is 2.99. The van der Waals surface area contributed by atoms with Gasteiger partial charge in [-0.15, -0.1) is 0 Å². The van der Waals surface area contributed by atoms with Crippen molar-refractivity contribution in [1.29, 1.82) is 0 Å². The summed E-state index contributed by atoms with van der Waals surface area (Å²) >= 11 is 0. The summed E-state index contributed by atoms with van der Waals surface area (Å²) < 4.78 is 24.2. The van der Waals surface area contributed by atoms with Crippen LogP contribution in [0.15, 0.2) is 48.7 Å². The Hall–Kier alpha value is -1.29.